The van der Waals surface area contributed by atoms with E-state index in [9.17, 15) is 13.6 Å². The van der Waals surface area contributed by atoms with Crippen molar-refractivity contribution < 1.29 is 13.6 Å². The van der Waals surface area contributed by atoms with E-state index < -0.39 is 11.6 Å². The van der Waals surface area contributed by atoms with Crippen molar-refractivity contribution in [2.45, 2.75) is 12.8 Å². The first-order valence-corrected chi connectivity index (χ1v) is 9.00. The van der Waals surface area contributed by atoms with E-state index in [4.69, 9.17) is 11.6 Å². The van der Waals surface area contributed by atoms with Crippen LogP contribution in [-0.4, -0.2) is 28.9 Å². The minimum Gasteiger partial charge on any atom is -0.354 e. The third-order valence-corrected chi connectivity index (χ3v) is 4.93. The van der Waals surface area contributed by atoms with E-state index in [-0.39, 0.29) is 10.9 Å². The number of carbonyl (C=O) groups excluding carboxylic acids is 1. The lowest BCUT2D eigenvalue weighted by Crippen LogP contribution is -2.28. The fourth-order valence-electron chi connectivity index (χ4n) is 3.27. The second-order valence-electron chi connectivity index (χ2n) is 6.46. The molecule has 1 N–H and O–H groups in total. The number of pyridine rings is 1. The fraction of sp³-hybridized carbons (Fsp3) is 0.200. The van der Waals surface area contributed by atoms with Gasteiger partial charge in [0.25, 0.3) is 5.91 Å². The average molecular weight is 388 g/mol. The number of nitrogens with zero attached hydrogens (tertiary/aromatic N) is 2. The van der Waals surface area contributed by atoms with Gasteiger partial charge in [0.05, 0.1) is 21.8 Å². The van der Waals surface area contributed by atoms with E-state index in [0.717, 1.165) is 12.8 Å². The molecule has 0 spiro atoms. The van der Waals surface area contributed by atoms with Crippen molar-refractivity contribution in [1.29, 1.82) is 0 Å². The van der Waals surface area contributed by atoms with Gasteiger partial charge in [-0.05, 0) is 49.2 Å². The van der Waals surface area contributed by atoms with Crippen LogP contribution in [0.5, 0.6) is 0 Å². The van der Waals surface area contributed by atoms with Gasteiger partial charge in [-0.2, -0.15) is 0 Å². The molecule has 1 saturated heterocycles. The van der Waals surface area contributed by atoms with Crippen LogP contribution in [0.15, 0.2) is 42.6 Å². The molecule has 1 amide bonds. The molecule has 1 aromatic heterocycles. The van der Waals surface area contributed by atoms with Crippen LogP contribution in [0.3, 0.4) is 0 Å². The predicted molar refractivity (Wildman–Crippen MR) is 102 cm³/mol. The number of hydrogen-bond donors (Lipinski definition) is 1. The number of hydrogen-bond acceptors (Lipinski definition) is 3. The highest BCUT2D eigenvalue weighted by Crippen LogP contribution is 2.32. The highest BCUT2D eigenvalue weighted by Gasteiger charge is 2.24. The SMILES string of the molecule is O=C(c1cnc2ccc(F)cc2c1Nc1ccc(F)c(Cl)c1)N1CCCC1. The molecule has 0 unspecified atom stereocenters. The highest BCUT2D eigenvalue weighted by molar-refractivity contribution is 6.31. The molecule has 2 heterocycles. The molecule has 138 valence electrons. The summed E-state index contributed by atoms with van der Waals surface area (Å²) < 4.78 is 27.4. The summed E-state index contributed by atoms with van der Waals surface area (Å²) in [6.07, 6.45) is 3.41. The topological polar surface area (TPSA) is 45.2 Å². The normalized spacial score (nSPS) is 14.0. The van der Waals surface area contributed by atoms with Crippen molar-refractivity contribution in [3.05, 3.63) is 64.8 Å². The summed E-state index contributed by atoms with van der Waals surface area (Å²) >= 11 is 5.87. The zero-order valence-electron chi connectivity index (χ0n) is 14.3. The van der Waals surface area contributed by atoms with Crippen molar-refractivity contribution >= 4 is 39.8 Å². The minimum atomic E-state index is -0.541. The maximum atomic E-state index is 13.9. The Kier molecular flexibility index (Phi) is 4.66. The summed E-state index contributed by atoms with van der Waals surface area (Å²) in [6, 6.07) is 8.37. The van der Waals surface area contributed by atoms with Crippen LogP contribution in [0.1, 0.15) is 23.2 Å². The molecular formula is C20H16ClF2N3O. The summed E-state index contributed by atoms with van der Waals surface area (Å²) in [4.78, 5) is 19.0. The Balaban J connectivity index is 1.85. The van der Waals surface area contributed by atoms with E-state index >= 15 is 0 Å². The molecule has 27 heavy (non-hydrogen) atoms. The second-order valence-corrected chi connectivity index (χ2v) is 6.87. The van der Waals surface area contributed by atoms with Gasteiger partial charge in [-0.1, -0.05) is 11.6 Å². The van der Waals surface area contributed by atoms with Gasteiger partial charge in [0.2, 0.25) is 0 Å². The number of benzene rings is 2. The number of aromatic nitrogens is 1. The smallest absolute Gasteiger partial charge is 0.257 e. The summed E-state index contributed by atoms with van der Waals surface area (Å²) in [7, 11) is 0. The van der Waals surface area contributed by atoms with E-state index in [0.29, 0.717) is 40.9 Å². The minimum absolute atomic E-state index is 0.0445. The lowest BCUT2D eigenvalue weighted by molar-refractivity contribution is 0.0793. The molecular weight excluding hydrogens is 372 g/mol. The molecule has 1 aliphatic heterocycles. The van der Waals surface area contributed by atoms with E-state index in [2.05, 4.69) is 10.3 Å². The van der Waals surface area contributed by atoms with Gasteiger partial charge in [-0.3, -0.25) is 9.78 Å². The number of fused-ring (bicyclic) bond motifs is 1. The van der Waals surface area contributed by atoms with Gasteiger partial charge in [-0.25, -0.2) is 8.78 Å². The van der Waals surface area contributed by atoms with Crippen molar-refractivity contribution in [2.75, 3.05) is 18.4 Å². The van der Waals surface area contributed by atoms with E-state index in [1.165, 1.54) is 36.5 Å². The molecule has 1 aliphatic rings. The van der Waals surface area contributed by atoms with E-state index in [1.54, 1.807) is 11.0 Å². The Morgan fingerprint density at radius 1 is 1.11 bits per heavy atom. The van der Waals surface area contributed by atoms with Crippen molar-refractivity contribution in [3.63, 3.8) is 0 Å². The quantitative estimate of drug-likeness (QED) is 0.676. The fourth-order valence-corrected chi connectivity index (χ4v) is 3.45. The summed E-state index contributed by atoms with van der Waals surface area (Å²) in [5.41, 5.74) is 1.81. The molecule has 0 radical (unpaired) electrons. The molecule has 7 heteroatoms. The number of likely N-dealkylation sites (tertiary alicyclic amines) is 1. The van der Waals surface area contributed by atoms with Crippen LogP contribution >= 0.6 is 11.6 Å². The Hall–Kier alpha value is -2.73. The molecule has 3 aromatic rings. The molecule has 0 bridgehead atoms. The number of rotatable bonds is 3. The highest BCUT2D eigenvalue weighted by atomic mass is 35.5. The number of nitrogens with one attached hydrogen (secondary N) is 1. The molecule has 4 nitrogen and oxygen atoms in total. The molecule has 0 aliphatic carbocycles. The number of anilines is 2. The van der Waals surface area contributed by atoms with Gasteiger partial charge >= 0.3 is 0 Å². The number of halogens is 3. The van der Waals surface area contributed by atoms with Gasteiger partial charge < -0.3 is 10.2 Å². The van der Waals surface area contributed by atoms with Crippen LogP contribution in [0.2, 0.25) is 5.02 Å². The largest absolute Gasteiger partial charge is 0.354 e. The first kappa shape index (κ1) is 17.7. The lowest BCUT2D eigenvalue weighted by atomic mass is 10.1. The Morgan fingerprint density at radius 2 is 1.89 bits per heavy atom. The Bertz CT molecular complexity index is 1040. The van der Waals surface area contributed by atoms with Crippen LogP contribution in [-0.2, 0) is 0 Å². The first-order valence-electron chi connectivity index (χ1n) is 8.62. The summed E-state index contributed by atoms with van der Waals surface area (Å²) in [5, 5.41) is 3.54. The average Bonchev–Trinajstić information content (AvgIpc) is 3.19. The predicted octanol–water partition coefficient (Wildman–Crippen LogP) is 5.15. The third kappa shape index (κ3) is 3.45. The van der Waals surface area contributed by atoms with Crippen molar-refractivity contribution in [1.82, 2.24) is 9.88 Å². The number of carbonyl (C=O) groups is 1. The Morgan fingerprint density at radius 3 is 2.63 bits per heavy atom. The molecule has 0 saturated carbocycles. The van der Waals surface area contributed by atoms with E-state index in [1.807, 2.05) is 0 Å². The zero-order chi connectivity index (χ0) is 19.0. The van der Waals surface area contributed by atoms with Crippen LogP contribution in [0.25, 0.3) is 10.9 Å². The number of amides is 1. The van der Waals surface area contributed by atoms with Gasteiger partial charge in [0.1, 0.15) is 11.6 Å². The second kappa shape index (κ2) is 7.12. The standard InChI is InChI=1S/C20H16ClF2N3O/c21-16-10-13(4-5-17(16)23)25-19-14-9-12(22)3-6-18(14)24-11-15(19)20(27)26-7-1-2-8-26/h3-6,9-11H,1-2,7-8H2,(H,24,25). The summed E-state index contributed by atoms with van der Waals surface area (Å²) in [6.45, 7) is 1.36. The third-order valence-electron chi connectivity index (χ3n) is 4.64. The summed E-state index contributed by atoms with van der Waals surface area (Å²) in [5.74, 6) is -1.14. The van der Waals surface area contributed by atoms with Gasteiger partial charge in [0, 0.05) is 30.4 Å². The lowest BCUT2D eigenvalue weighted by Gasteiger charge is -2.19. The molecule has 0 atom stereocenters. The first-order chi connectivity index (χ1) is 13.0. The zero-order valence-corrected chi connectivity index (χ0v) is 15.1. The molecule has 2 aromatic carbocycles. The molecule has 4 rings (SSSR count). The van der Waals surface area contributed by atoms with Crippen LogP contribution < -0.4 is 5.32 Å². The Labute approximate surface area is 159 Å². The van der Waals surface area contributed by atoms with Crippen molar-refractivity contribution in [2.24, 2.45) is 0 Å². The van der Waals surface area contributed by atoms with Gasteiger partial charge in [0.15, 0.2) is 0 Å². The monoisotopic (exact) mass is 387 g/mol. The maximum Gasteiger partial charge on any atom is 0.257 e. The van der Waals surface area contributed by atoms with Crippen LogP contribution in [0, 0.1) is 11.6 Å². The maximum absolute atomic E-state index is 13.9. The van der Waals surface area contributed by atoms with Crippen LogP contribution in [0.4, 0.5) is 20.2 Å². The molecule has 1 fully saturated rings. The van der Waals surface area contributed by atoms with Crippen molar-refractivity contribution in [3.8, 4) is 0 Å². The van der Waals surface area contributed by atoms with Gasteiger partial charge in [-0.15, -0.1) is 0 Å².